The summed E-state index contributed by atoms with van der Waals surface area (Å²) in [5, 5.41) is 2.74. The normalized spacial score (nSPS) is 13.3. The number of carbonyl (C=O) groups excluding carboxylic acids is 2. The zero-order valence-electron chi connectivity index (χ0n) is 17.6. The number of fused-ring (bicyclic) bond motifs is 1. The van der Waals surface area contributed by atoms with Crippen LogP contribution in [0.3, 0.4) is 0 Å². The Bertz CT molecular complexity index is 1180. The van der Waals surface area contributed by atoms with Crippen LogP contribution in [0.15, 0.2) is 72.5 Å². The number of hydrogen-bond donors (Lipinski definition) is 1. The highest BCUT2D eigenvalue weighted by Crippen LogP contribution is 2.35. The van der Waals surface area contributed by atoms with E-state index in [1.165, 1.54) is 0 Å². The summed E-state index contributed by atoms with van der Waals surface area (Å²) in [4.78, 5) is 24.8. The van der Waals surface area contributed by atoms with Crippen LogP contribution in [0, 0.1) is 0 Å². The molecule has 0 spiro atoms. The Hall–Kier alpha value is -4.26. The van der Waals surface area contributed by atoms with E-state index in [-0.39, 0.29) is 24.1 Å². The van der Waals surface area contributed by atoms with Crippen LogP contribution in [0.25, 0.3) is 6.08 Å². The van der Waals surface area contributed by atoms with E-state index in [2.05, 4.69) is 5.32 Å². The highest BCUT2D eigenvalue weighted by Gasteiger charge is 2.27. The van der Waals surface area contributed by atoms with Crippen LogP contribution in [-0.4, -0.2) is 32.5 Å². The third kappa shape index (κ3) is 4.73. The van der Waals surface area contributed by atoms with Gasteiger partial charge in [-0.25, -0.2) is 0 Å². The lowest BCUT2D eigenvalue weighted by atomic mass is 10.1. The Morgan fingerprint density at radius 3 is 2.44 bits per heavy atom. The minimum Gasteiger partial charge on any atom is -0.497 e. The van der Waals surface area contributed by atoms with Gasteiger partial charge >= 0.3 is 0 Å². The van der Waals surface area contributed by atoms with E-state index in [9.17, 15) is 9.59 Å². The molecule has 0 aromatic heterocycles. The summed E-state index contributed by atoms with van der Waals surface area (Å²) < 4.78 is 21.6. The third-order valence-corrected chi connectivity index (χ3v) is 4.78. The van der Waals surface area contributed by atoms with Crippen molar-refractivity contribution in [1.29, 1.82) is 0 Å². The summed E-state index contributed by atoms with van der Waals surface area (Å²) in [5.41, 5.74) is 1.86. The van der Waals surface area contributed by atoms with Gasteiger partial charge in [0.15, 0.2) is 12.4 Å². The Morgan fingerprint density at radius 2 is 1.69 bits per heavy atom. The molecule has 0 radical (unpaired) electrons. The highest BCUT2D eigenvalue weighted by molar-refractivity contribution is 6.14. The molecule has 1 amide bonds. The molecule has 0 atom stereocenters. The number of benzene rings is 3. The molecule has 0 fully saturated rings. The maximum absolute atomic E-state index is 12.6. The van der Waals surface area contributed by atoms with Gasteiger partial charge < -0.3 is 24.3 Å². The predicted molar refractivity (Wildman–Crippen MR) is 119 cm³/mol. The second-order valence-electron chi connectivity index (χ2n) is 6.94. The maximum atomic E-state index is 12.6. The molecule has 3 aromatic carbocycles. The zero-order valence-corrected chi connectivity index (χ0v) is 17.6. The van der Waals surface area contributed by atoms with Gasteiger partial charge in [-0.1, -0.05) is 12.1 Å². The molecule has 32 heavy (non-hydrogen) atoms. The van der Waals surface area contributed by atoms with Crippen molar-refractivity contribution in [2.24, 2.45) is 0 Å². The minimum absolute atomic E-state index is 0.189. The first-order valence-electron chi connectivity index (χ1n) is 9.85. The molecule has 1 heterocycles. The van der Waals surface area contributed by atoms with Crippen molar-refractivity contribution in [3.8, 4) is 23.0 Å². The van der Waals surface area contributed by atoms with Crippen molar-refractivity contribution >= 4 is 23.5 Å². The fourth-order valence-corrected chi connectivity index (χ4v) is 3.16. The largest absolute Gasteiger partial charge is 0.497 e. The standard InChI is InChI=1S/C25H21NO6/c1-29-18-8-6-17(7-9-18)26-24(27)15-31-20-10-11-21-22(14-20)32-23(25(21)28)13-16-4-3-5-19(12-16)30-2/h3-14H,15H2,1-2H3,(H,26,27). The van der Waals surface area contributed by atoms with Gasteiger partial charge in [0.05, 0.1) is 19.8 Å². The van der Waals surface area contributed by atoms with E-state index >= 15 is 0 Å². The van der Waals surface area contributed by atoms with Gasteiger partial charge in [0.1, 0.15) is 23.0 Å². The van der Waals surface area contributed by atoms with Gasteiger partial charge in [0.2, 0.25) is 5.78 Å². The molecule has 0 saturated carbocycles. The van der Waals surface area contributed by atoms with E-state index in [1.807, 2.05) is 24.3 Å². The number of methoxy groups -OCH3 is 2. The molecule has 0 bridgehead atoms. The molecule has 1 aliphatic heterocycles. The molecular weight excluding hydrogens is 410 g/mol. The van der Waals surface area contributed by atoms with Crippen molar-refractivity contribution in [2.75, 3.05) is 26.1 Å². The second kappa shape index (κ2) is 9.26. The van der Waals surface area contributed by atoms with Crippen molar-refractivity contribution in [2.45, 2.75) is 0 Å². The van der Waals surface area contributed by atoms with Crippen molar-refractivity contribution in [3.05, 3.63) is 83.6 Å². The zero-order chi connectivity index (χ0) is 22.5. The number of anilines is 1. The smallest absolute Gasteiger partial charge is 0.262 e. The van der Waals surface area contributed by atoms with E-state index in [0.717, 1.165) is 5.56 Å². The Morgan fingerprint density at radius 1 is 0.938 bits per heavy atom. The first-order chi connectivity index (χ1) is 15.6. The van der Waals surface area contributed by atoms with E-state index in [4.69, 9.17) is 18.9 Å². The molecule has 1 N–H and O–H groups in total. The fraction of sp³-hybridized carbons (Fsp3) is 0.120. The number of ether oxygens (including phenoxy) is 4. The SMILES string of the molecule is COc1ccc(NC(=O)COc2ccc3c(c2)OC(=Cc2cccc(OC)c2)C3=O)cc1. The van der Waals surface area contributed by atoms with Crippen LogP contribution in [0.2, 0.25) is 0 Å². The monoisotopic (exact) mass is 431 g/mol. The lowest BCUT2D eigenvalue weighted by Crippen LogP contribution is -2.20. The number of Topliss-reactive ketones (excluding diaryl/α,β-unsaturated/α-hetero) is 1. The lowest BCUT2D eigenvalue weighted by molar-refractivity contribution is -0.118. The fourth-order valence-electron chi connectivity index (χ4n) is 3.16. The number of amides is 1. The maximum Gasteiger partial charge on any atom is 0.262 e. The Labute approximate surface area is 185 Å². The van der Waals surface area contributed by atoms with Gasteiger partial charge in [-0.2, -0.15) is 0 Å². The van der Waals surface area contributed by atoms with E-state index in [1.54, 1.807) is 62.8 Å². The molecule has 7 heteroatoms. The summed E-state index contributed by atoms with van der Waals surface area (Å²) in [6.45, 7) is -0.189. The highest BCUT2D eigenvalue weighted by atomic mass is 16.5. The summed E-state index contributed by atoms with van der Waals surface area (Å²) >= 11 is 0. The summed E-state index contributed by atoms with van der Waals surface area (Å²) in [6, 6.07) is 19.2. The van der Waals surface area contributed by atoms with E-state index < -0.39 is 0 Å². The predicted octanol–water partition coefficient (Wildman–Crippen LogP) is 4.34. The number of nitrogens with one attached hydrogen (secondary N) is 1. The van der Waals surface area contributed by atoms with Crippen LogP contribution >= 0.6 is 0 Å². The molecule has 1 aliphatic rings. The molecule has 7 nitrogen and oxygen atoms in total. The Kier molecular flexibility index (Phi) is 6.07. The van der Waals surface area contributed by atoms with Crippen LogP contribution in [-0.2, 0) is 4.79 Å². The molecule has 4 rings (SSSR count). The van der Waals surface area contributed by atoms with Gasteiger partial charge in [-0.05, 0) is 60.2 Å². The minimum atomic E-state index is -0.314. The molecule has 0 saturated heterocycles. The van der Waals surface area contributed by atoms with Crippen LogP contribution in [0.1, 0.15) is 15.9 Å². The van der Waals surface area contributed by atoms with Gasteiger partial charge in [0.25, 0.3) is 5.91 Å². The topological polar surface area (TPSA) is 83.1 Å². The summed E-state index contributed by atoms with van der Waals surface area (Å²) in [7, 11) is 3.16. The van der Waals surface area contributed by atoms with Crippen molar-refractivity contribution in [1.82, 2.24) is 0 Å². The first-order valence-corrected chi connectivity index (χ1v) is 9.85. The number of ketones is 1. The number of hydrogen-bond acceptors (Lipinski definition) is 6. The number of carbonyl (C=O) groups is 2. The van der Waals surface area contributed by atoms with Crippen molar-refractivity contribution in [3.63, 3.8) is 0 Å². The van der Waals surface area contributed by atoms with Gasteiger partial charge in [-0.3, -0.25) is 9.59 Å². The molecular formula is C25H21NO6. The van der Waals surface area contributed by atoms with Crippen LogP contribution in [0.4, 0.5) is 5.69 Å². The lowest BCUT2D eigenvalue weighted by Gasteiger charge is -2.09. The second-order valence-corrected chi connectivity index (χ2v) is 6.94. The van der Waals surface area contributed by atoms with Gasteiger partial charge in [-0.15, -0.1) is 0 Å². The molecule has 162 valence electrons. The third-order valence-electron chi connectivity index (χ3n) is 4.78. The quantitative estimate of drug-likeness (QED) is 0.561. The van der Waals surface area contributed by atoms with Crippen LogP contribution in [0.5, 0.6) is 23.0 Å². The molecule has 0 aliphatic carbocycles. The summed E-state index contributed by atoms with van der Waals surface area (Å²) in [6.07, 6.45) is 1.66. The average Bonchev–Trinajstić information content (AvgIpc) is 3.12. The average molecular weight is 431 g/mol. The van der Waals surface area contributed by atoms with Crippen LogP contribution < -0.4 is 24.3 Å². The van der Waals surface area contributed by atoms with Gasteiger partial charge in [0, 0.05) is 11.8 Å². The first kappa shape index (κ1) is 21.0. The number of allylic oxidation sites excluding steroid dienone is 1. The Balaban J connectivity index is 1.39. The molecule has 0 unspecified atom stereocenters. The molecule has 3 aromatic rings. The number of rotatable bonds is 7. The van der Waals surface area contributed by atoms with E-state index in [0.29, 0.717) is 34.2 Å². The van der Waals surface area contributed by atoms with Crippen molar-refractivity contribution < 1.29 is 28.5 Å². The summed E-state index contributed by atoms with van der Waals surface area (Å²) in [5.74, 6) is 1.87.